The summed E-state index contributed by atoms with van der Waals surface area (Å²) >= 11 is 0. The monoisotopic (exact) mass is 298 g/mol. The lowest BCUT2D eigenvalue weighted by atomic mass is 10.3. The number of likely N-dealkylation sites (N-methyl/N-ethyl adjacent to an activating group) is 1. The fourth-order valence-corrected chi connectivity index (χ4v) is 1.19. The van der Waals surface area contributed by atoms with Gasteiger partial charge in [0, 0.05) is 19.6 Å². The Hall–Kier alpha value is -2.12. The number of para-hydroxylation sites is 1. The molecule has 0 atom stereocenters. The van der Waals surface area contributed by atoms with Gasteiger partial charge >= 0.3 is 11.9 Å². The molecule has 0 aliphatic rings. The molecule has 21 heavy (non-hydrogen) atoms. The van der Waals surface area contributed by atoms with Crippen molar-refractivity contribution in [1.29, 1.82) is 0 Å². The van der Waals surface area contributed by atoms with Gasteiger partial charge in [0.2, 0.25) is 0 Å². The van der Waals surface area contributed by atoms with Crippen molar-refractivity contribution in [2.24, 2.45) is 0 Å². The minimum atomic E-state index is -1.82. The molecule has 0 unspecified atom stereocenters. The van der Waals surface area contributed by atoms with E-state index < -0.39 is 11.9 Å². The van der Waals surface area contributed by atoms with Crippen molar-refractivity contribution >= 4 is 11.9 Å². The molecule has 0 radical (unpaired) electrons. The number of nitrogens with one attached hydrogen (secondary N) is 1. The first kappa shape index (κ1) is 18.9. The molecule has 0 fully saturated rings. The van der Waals surface area contributed by atoms with E-state index in [1.165, 1.54) is 0 Å². The maximum Gasteiger partial charge on any atom is 0.414 e. The highest BCUT2D eigenvalue weighted by atomic mass is 16.5. The number of rotatable bonds is 7. The van der Waals surface area contributed by atoms with Gasteiger partial charge in [0.05, 0.1) is 0 Å². The van der Waals surface area contributed by atoms with Gasteiger partial charge in [-0.15, -0.1) is 0 Å². The number of nitrogens with zero attached hydrogens (tertiary/aromatic N) is 1. The topological polar surface area (TPSA) is 99.1 Å². The second kappa shape index (κ2) is 11.7. The summed E-state index contributed by atoms with van der Waals surface area (Å²) in [5.74, 6) is -2.71. The summed E-state index contributed by atoms with van der Waals surface area (Å²) in [6.07, 6.45) is 0. The quantitative estimate of drug-likeness (QED) is 0.494. The normalized spacial score (nSPS) is 9.67. The van der Waals surface area contributed by atoms with E-state index in [9.17, 15) is 0 Å². The molecule has 0 heterocycles. The van der Waals surface area contributed by atoms with Gasteiger partial charge in [-0.25, -0.2) is 9.59 Å². The predicted octanol–water partition coefficient (Wildman–Crippen LogP) is 0.372. The van der Waals surface area contributed by atoms with Crippen molar-refractivity contribution in [2.75, 3.05) is 40.3 Å². The average Bonchev–Trinajstić information content (AvgIpc) is 2.44. The van der Waals surface area contributed by atoms with Gasteiger partial charge in [0.15, 0.2) is 0 Å². The lowest BCUT2D eigenvalue weighted by Gasteiger charge is -2.10. The number of hydrogen-bond acceptors (Lipinski definition) is 5. The van der Waals surface area contributed by atoms with E-state index in [-0.39, 0.29) is 0 Å². The zero-order valence-corrected chi connectivity index (χ0v) is 12.3. The number of aliphatic carboxylic acids is 2. The van der Waals surface area contributed by atoms with Crippen LogP contribution in [0.15, 0.2) is 30.3 Å². The molecular weight excluding hydrogens is 276 g/mol. The third-order valence-electron chi connectivity index (χ3n) is 2.21. The summed E-state index contributed by atoms with van der Waals surface area (Å²) in [6.45, 7) is 3.68. The second-order valence-corrected chi connectivity index (χ2v) is 4.33. The maximum absolute atomic E-state index is 9.10. The first-order chi connectivity index (χ1) is 9.93. The van der Waals surface area contributed by atoms with Crippen molar-refractivity contribution in [1.82, 2.24) is 10.2 Å². The van der Waals surface area contributed by atoms with Crippen LogP contribution in [0.1, 0.15) is 0 Å². The van der Waals surface area contributed by atoms with Crippen LogP contribution in [0.3, 0.4) is 0 Å². The van der Waals surface area contributed by atoms with Gasteiger partial charge in [-0.05, 0) is 26.2 Å². The van der Waals surface area contributed by atoms with Crippen molar-refractivity contribution in [3.63, 3.8) is 0 Å². The average molecular weight is 298 g/mol. The number of hydrogen-bond donors (Lipinski definition) is 3. The molecule has 0 saturated heterocycles. The van der Waals surface area contributed by atoms with Crippen molar-refractivity contribution < 1.29 is 24.5 Å². The van der Waals surface area contributed by atoms with E-state index in [0.717, 1.165) is 32.0 Å². The number of carboxylic acid groups (broad SMARTS) is 2. The SMILES string of the molecule is CN(C)CCNCCOc1ccccc1.O=C(O)C(=O)O. The van der Waals surface area contributed by atoms with Crippen LogP contribution in [0.25, 0.3) is 0 Å². The Bertz CT molecular complexity index is 397. The molecule has 118 valence electrons. The summed E-state index contributed by atoms with van der Waals surface area (Å²) in [4.78, 5) is 20.4. The first-order valence-electron chi connectivity index (χ1n) is 6.43. The van der Waals surface area contributed by atoms with Crippen molar-refractivity contribution in [2.45, 2.75) is 0 Å². The molecule has 7 nitrogen and oxygen atoms in total. The van der Waals surface area contributed by atoms with Gasteiger partial charge in [-0.3, -0.25) is 0 Å². The van der Waals surface area contributed by atoms with E-state index in [0.29, 0.717) is 0 Å². The number of carboxylic acids is 2. The molecule has 0 aliphatic heterocycles. The van der Waals surface area contributed by atoms with Gasteiger partial charge in [0.1, 0.15) is 12.4 Å². The van der Waals surface area contributed by atoms with Crippen molar-refractivity contribution in [3.8, 4) is 5.75 Å². The summed E-state index contributed by atoms with van der Waals surface area (Å²) in [7, 11) is 4.14. The van der Waals surface area contributed by atoms with Crippen LogP contribution in [0.4, 0.5) is 0 Å². The largest absolute Gasteiger partial charge is 0.492 e. The van der Waals surface area contributed by atoms with Crippen LogP contribution >= 0.6 is 0 Å². The Balaban J connectivity index is 0.000000567. The molecule has 0 bridgehead atoms. The summed E-state index contributed by atoms with van der Waals surface area (Å²) < 4.78 is 5.54. The van der Waals surface area contributed by atoms with Crippen LogP contribution in [0.5, 0.6) is 5.75 Å². The van der Waals surface area contributed by atoms with E-state index in [4.69, 9.17) is 24.5 Å². The Morgan fingerprint density at radius 3 is 2.14 bits per heavy atom. The minimum Gasteiger partial charge on any atom is -0.492 e. The summed E-state index contributed by atoms with van der Waals surface area (Å²) in [5.41, 5.74) is 0. The highest BCUT2D eigenvalue weighted by Gasteiger charge is 2.04. The number of ether oxygens (including phenoxy) is 1. The minimum absolute atomic E-state index is 0.720. The fraction of sp³-hybridized carbons (Fsp3) is 0.429. The zero-order chi connectivity index (χ0) is 16.1. The fourth-order valence-electron chi connectivity index (χ4n) is 1.19. The van der Waals surface area contributed by atoms with Gasteiger partial charge in [-0.1, -0.05) is 18.2 Å². The molecule has 3 N–H and O–H groups in total. The van der Waals surface area contributed by atoms with Gasteiger partial charge in [0.25, 0.3) is 0 Å². The van der Waals surface area contributed by atoms with Crippen LogP contribution in [0, 0.1) is 0 Å². The molecule has 0 spiro atoms. The lowest BCUT2D eigenvalue weighted by Crippen LogP contribution is -2.29. The van der Waals surface area contributed by atoms with Crippen LogP contribution in [0.2, 0.25) is 0 Å². The van der Waals surface area contributed by atoms with Gasteiger partial charge in [-0.2, -0.15) is 0 Å². The standard InChI is InChI=1S/C12H20N2O.C2H2O4/c1-14(2)10-8-13-9-11-15-12-6-4-3-5-7-12;3-1(4)2(5)6/h3-7,13H,8-11H2,1-2H3;(H,3,4)(H,5,6). The van der Waals surface area contributed by atoms with Crippen molar-refractivity contribution in [3.05, 3.63) is 30.3 Å². The Morgan fingerprint density at radius 1 is 1.10 bits per heavy atom. The van der Waals surface area contributed by atoms with Crippen LogP contribution in [-0.4, -0.2) is 67.4 Å². The third-order valence-corrected chi connectivity index (χ3v) is 2.21. The lowest BCUT2D eigenvalue weighted by molar-refractivity contribution is -0.159. The second-order valence-electron chi connectivity index (χ2n) is 4.33. The molecule has 0 saturated carbocycles. The molecule has 0 amide bonds. The van der Waals surface area contributed by atoms with Gasteiger partial charge < -0.3 is 25.2 Å². The third kappa shape index (κ3) is 12.6. The molecule has 1 aromatic carbocycles. The Labute approximate surface area is 124 Å². The molecule has 0 aliphatic carbocycles. The highest BCUT2D eigenvalue weighted by Crippen LogP contribution is 2.07. The van der Waals surface area contributed by atoms with Crippen LogP contribution < -0.4 is 10.1 Å². The Kier molecular flexibility index (Phi) is 10.5. The first-order valence-corrected chi connectivity index (χ1v) is 6.43. The number of benzene rings is 1. The van der Waals surface area contributed by atoms with E-state index in [1.54, 1.807) is 0 Å². The smallest absolute Gasteiger partial charge is 0.414 e. The zero-order valence-electron chi connectivity index (χ0n) is 12.3. The number of carbonyl (C=O) groups is 2. The molecule has 1 aromatic rings. The summed E-state index contributed by atoms with van der Waals surface area (Å²) in [6, 6.07) is 9.89. The van der Waals surface area contributed by atoms with E-state index >= 15 is 0 Å². The molecule has 1 rings (SSSR count). The molecule has 0 aromatic heterocycles. The van der Waals surface area contributed by atoms with E-state index in [2.05, 4.69) is 24.3 Å². The molecule has 7 heteroatoms. The predicted molar refractivity (Wildman–Crippen MR) is 78.6 cm³/mol. The van der Waals surface area contributed by atoms with E-state index in [1.807, 2.05) is 30.3 Å². The Morgan fingerprint density at radius 2 is 1.67 bits per heavy atom. The summed E-state index contributed by atoms with van der Waals surface area (Å²) in [5, 5.41) is 18.1. The van der Waals surface area contributed by atoms with Crippen LogP contribution in [-0.2, 0) is 9.59 Å². The molecular formula is C14H22N2O5. The highest BCUT2D eigenvalue weighted by molar-refractivity contribution is 6.27. The maximum atomic E-state index is 9.10.